The maximum atomic E-state index is 13.7. The summed E-state index contributed by atoms with van der Waals surface area (Å²) in [6.45, 7) is 7.94. The van der Waals surface area contributed by atoms with Gasteiger partial charge in [-0.05, 0) is 106 Å². The van der Waals surface area contributed by atoms with Crippen LogP contribution in [0.1, 0.15) is 83.3 Å². The minimum Gasteiger partial charge on any atom is -0.474 e. The number of carbonyl (C=O) groups excluding carboxylic acids is 1. The number of hydrogen-bond acceptors (Lipinski definition) is 4. The van der Waals surface area contributed by atoms with Crippen LogP contribution in [0.3, 0.4) is 0 Å². The molecule has 1 aliphatic rings. The zero-order valence-electron chi connectivity index (χ0n) is 20.7. The number of aryl methyl sites for hydroxylation is 2. The molecule has 0 aliphatic heterocycles. The van der Waals surface area contributed by atoms with E-state index < -0.39 is 6.10 Å². The largest absolute Gasteiger partial charge is 0.474 e. The summed E-state index contributed by atoms with van der Waals surface area (Å²) in [4.78, 5) is 18.5. The van der Waals surface area contributed by atoms with Gasteiger partial charge in [-0.2, -0.15) is 0 Å². The van der Waals surface area contributed by atoms with E-state index in [2.05, 4.69) is 0 Å². The maximum absolute atomic E-state index is 13.7. The van der Waals surface area contributed by atoms with Gasteiger partial charge >= 0.3 is 0 Å². The van der Waals surface area contributed by atoms with Crippen LogP contribution in [0, 0.1) is 13.8 Å². The predicted molar refractivity (Wildman–Crippen MR) is 142 cm³/mol. The zero-order valence-corrected chi connectivity index (χ0v) is 21.5. The van der Waals surface area contributed by atoms with Gasteiger partial charge in [-0.1, -0.05) is 35.9 Å². The quantitative estimate of drug-likeness (QED) is 0.173. The molecule has 0 amide bonds. The number of ketones is 1. The molecule has 0 bridgehead atoms. The number of rotatable bonds is 5. The second-order valence-corrected chi connectivity index (χ2v) is 9.97. The number of fused-ring (bicyclic) bond motifs is 1. The van der Waals surface area contributed by atoms with Crippen LogP contribution in [0.2, 0.25) is 5.02 Å². The first-order valence-corrected chi connectivity index (χ1v) is 12.6. The number of aliphatic hydroxyl groups is 1. The lowest BCUT2D eigenvalue weighted by atomic mass is 9.84. The van der Waals surface area contributed by atoms with Gasteiger partial charge < -0.3 is 9.84 Å². The molecular formula is C30H32ClNO3. The van der Waals surface area contributed by atoms with Gasteiger partial charge in [0, 0.05) is 22.1 Å². The number of benzene rings is 3. The molecule has 2 unspecified atom stereocenters. The number of ether oxygens (including phenoxy) is 1. The van der Waals surface area contributed by atoms with E-state index in [0.29, 0.717) is 29.3 Å². The molecule has 1 N–H and O–H groups in total. The molecule has 35 heavy (non-hydrogen) atoms. The van der Waals surface area contributed by atoms with Crippen molar-refractivity contribution in [2.75, 3.05) is 0 Å². The van der Waals surface area contributed by atoms with Gasteiger partial charge in [-0.15, -0.1) is 0 Å². The summed E-state index contributed by atoms with van der Waals surface area (Å²) in [7, 11) is 0. The molecule has 4 rings (SSSR count). The fraction of sp³-hybridized carbons (Fsp3) is 0.333. The minimum atomic E-state index is -0.597. The Morgan fingerprint density at radius 1 is 0.971 bits per heavy atom. The van der Waals surface area contributed by atoms with Crippen molar-refractivity contribution in [2.45, 2.75) is 65.1 Å². The number of carbonyl (C=O) groups is 1. The summed E-state index contributed by atoms with van der Waals surface area (Å²) < 4.78 is 6.06. The second-order valence-electron chi connectivity index (χ2n) is 9.53. The van der Waals surface area contributed by atoms with Crippen molar-refractivity contribution in [3.8, 4) is 0 Å². The molecule has 1 aliphatic carbocycles. The molecule has 0 saturated carbocycles. The summed E-state index contributed by atoms with van der Waals surface area (Å²) >= 11 is 6.19. The number of aliphatic imine (C=N–C) groups is 1. The Hall–Kier alpha value is -2.95. The Kier molecular flexibility index (Phi) is 7.73. The summed E-state index contributed by atoms with van der Waals surface area (Å²) in [6, 6.07) is 19.2. The smallest absolute Gasteiger partial charge is 0.221 e. The molecule has 5 heteroatoms. The SMILES string of the molecule is Cc1cc(N=C(OC(C)C)c2ccccc2C)ccc1C(=O)C1CCCC(O)c2cc(Cl)ccc21. The molecule has 0 saturated heterocycles. The van der Waals surface area contributed by atoms with E-state index in [0.717, 1.165) is 39.9 Å². The van der Waals surface area contributed by atoms with Crippen molar-refractivity contribution in [3.05, 3.63) is 99.1 Å². The molecule has 0 heterocycles. The molecule has 3 aromatic carbocycles. The summed E-state index contributed by atoms with van der Waals surface area (Å²) in [5, 5.41) is 11.2. The van der Waals surface area contributed by atoms with E-state index in [1.807, 2.05) is 76.2 Å². The topological polar surface area (TPSA) is 58.9 Å². The van der Waals surface area contributed by atoms with Crippen LogP contribution < -0.4 is 0 Å². The van der Waals surface area contributed by atoms with Crippen LogP contribution in [-0.4, -0.2) is 22.9 Å². The molecule has 2 atom stereocenters. The van der Waals surface area contributed by atoms with E-state index in [1.54, 1.807) is 12.1 Å². The highest BCUT2D eigenvalue weighted by Crippen LogP contribution is 2.39. The third kappa shape index (κ3) is 5.66. The second kappa shape index (κ2) is 10.8. The van der Waals surface area contributed by atoms with Crippen LogP contribution in [0.25, 0.3) is 0 Å². The van der Waals surface area contributed by atoms with Crippen LogP contribution in [0.5, 0.6) is 0 Å². The van der Waals surface area contributed by atoms with E-state index in [1.165, 1.54) is 0 Å². The van der Waals surface area contributed by atoms with Gasteiger partial charge in [-0.25, -0.2) is 4.99 Å². The monoisotopic (exact) mass is 489 g/mol. The fourth-order valence-electron chi connectivity index (χ4n) is 4.74. The molecule has 0 spiro atoms. The van der Waals surface area contributed by atoms with E-state index >= 15 is 0 Å². The third-order valence-electron chi connectivity index (χ3n) is 6.50. The number of halogens is 1. The van der Waals surface area contributed by atoms with Crippen LogP contribution in [-0.2, 0) is 4.74 Å². The summed E-state index contributed by atoms with van der Waals surface area (Å²) in [5.41, 5.74) is 5.95. The number of hydrogen-bond donors (Lipinski definition) is 1. The molecule has 0 aromatic heterocycles. The Balaban J connectivity index is 1.68. The predicted octanol–water partition coefficient (Wildman–Crippen LogP) is 7.64. The molecule has 0 radical (unpaired) electrons. The van der Waals surface area contributed by atoms with E-state index in [4.69, 9.17) is 21.3 Å². The number of aliphatic hydroxyl groups excluding tert-OH is 1. The standard InChI is InChI=1S/C30H32ClNO3/c1-18(2)35-30(24-9-6-5-8-19(24)3)32-22-13-15-23(20(4)16-22)29(34)26-10-7-11-28(33)27-17-21(31)12-14-25(26)27/h5-6,8-9,12-18,26,28,33H,7,10-11H2,1-4H3. The van der Waals surface area contributed by atoms with Crippen LogP contribution in [0.15, 0.2) is 65.7 Å². The normalized spacial score (nSPS) is 18.2. The first-order chi connectivity index (χ1) is 16.7. The summed E-state index contributed by atoms with van der Waals surface area (Å²) in [6.07, 6.45) is 1.48. The van der Waals surface area contributed by atoms with Crippen molar-refractivity contribution in [1.82, 2.24) is 0 Å². The van der Waals surface area contributed by atoms with Crippen molar-refractivity contribution in [2.24, 2.45) is 4.99 Å². The van der Waals surface area contributed by atoms with Gasteiger partial charge in [0.2, 0.25) is 5.90 Å². The summed E-state index contributed by atoms with van der Waals surface area (Å²) in [5.74, 6) is 0.327. The highest BCUT2D eigenvalue weighted by atomic mass is 35.5. The van der Waals surface area contributed by atoms with Crippen molar-refractivity contribution >= 4 is 29.0 Å². The molecular weight excluding hydrogens is 458 g/mol. The average Bonchev–Trinajstić information content (AvgIpc) is 2.97. The fourth-order valence-corrected chi connectivity index (χ4v) is 4.92. The Bertz CT molecular complexity index is 1260. The highest BCUT2D eigenvalue weighted by molar-refractivity contribution is 6.30. The average molecular weight is 490 g/mol. The van der Waals surface area contributed by atoms with Gasteiger partial charge in [-0.3, -0.25) is 4.79 Å². The zero-order chi connectivity index (χ0) is 25.1. The van der Waals surface area contributed by atoms with Crippen LogP contribution in [0.4, 0.5) is 5.69 Å². The Morgan fingerprint density at radius 3 is 2.46 bits per heavy atom. The molecule has 3 aromatic rings. The molecule has 0 fully saturated rings. The van der Waals surface area contributed by atoms with Crippen molar-refractivity contribution in [3.63, 3.8) is 0 Å². The van der Waals surface area contributed by atoms with Crippen molar-refractivity contribution in [1.29, 1.82) is 0 Å². The molecule has 182 valence electrons. The third-order valence-corrected chi connectivity index (χ3v) is 6.73. The lowest BCUT2D eigenvalue weighted by Crippen LogP contribution is -2.15. The van der Waals surface area contributed by atoms with Gasteiger partial charge in [0.15, 0.2) is 5.78 Å². The van der Waals surface area contributed by atoms with Gasteiger partial charge in [0.1, 0.15) is 0 Å². The Labute approximate surface area is 212 Å². The molecule has 4 nitrogen and oxygen atoms in total. The lowest BCUT2D eigenvalue weighted by Gasteiger charge is -2.19. The lowest BCUT2D eigenvalue weighted by molar-refractivity contribution is 0.0953. The number of Topliss-reactive ketones (excluding diaryl/α,β-unsaturated/α-hetero) is 1. The van der Waals surface area contributed by atoms with E-state index in [9.17, 15) is 9.90 Å². The maximum Gasteiger partial charge on any atom is 0.221 e. The van der Waals surface area contributed by atoms with Crippen molar-refractivity contribution < 1.29 is 14.6 Å². The first-order valence-electron chi connectivity index (χ1n) is 12.2. The minimum absolute atomic E-state index is 0.0190. The number of nitrogens with zero attached hydrogens (tertiary/aromatic N) is 1. The first kappa shape index (κ1) is 25.2. The van der Waals surface area contributed by atoms with Gasteiger partial charge in [0.25, 0.3) is 0 Å². The van der Waals surface area contributed by atoms with E-state index in [-0.39, 0.29) is 17.8 Å². The highest BCUT2D eigenvalue weighted by Gasteiger charge is 2.30. The van der Waals surface area contributed by atoms with Crippen LogP contribution >= 0.6 is 11.6 Å². The Morgan fingerprint density at radius 2 is 1.74 bits per heavy atom. The van der Waals surface area contributed by atoms with Gasteiger partial charge in [0.05, 0.1) is 17.9 Å².